The number of fused-ring (bicyclic) bond motifs is 3. The second-order valence-electron chi connectivity index (χ2n) is 3.52. The normalized spacial score (nSPS) is 11.3. The van der Waals surface area contributed by atoms with Crippen LogP contribution in [0.2, 0.25) is 0 Å². The third-order valence-electron chi connectivity index (χ3n) is 2.70. The van der Waals surface area contributed by atoms with Gasteiger partial charge in [0.15, 0.2) is 0 Å². The maximum atomic E-state index is 5.85. The van der Waals surface area contributed by atoms with Crippen LogP contribution in [0.15, 0.2) is 30.6 Å². The second-order valence-corrected chi connectivity index (χ2v) is 3.52. The van der Waals surface area contributed by atoms with Crippen LogP contribution in [0.4, 0.5) is 5.95 Å². The number of hydrogen-bond donors (Lipinski definition) is 1. The molecule has 3 heterocycles. The van der Waals surface area contributed by atoms with Crippen molar-refractivity contribution in [1.29, 1.82) is 0 Å². The maximum Gasteiger partial charge on any atom is 0.206 e. The fraction of sp³-hybridized carbons (Fsp3) is 0.0909. The zero-order valence-corrected chi connectivity index (χ0v) is 8.31. The van der Waals surface area contributed by atoms with E-state index in [1.165, 1.54) is 5.56 Å². The van der Waals surface area contributed by atoms with Gasteiger partial charge in [0.05, 0.1) is 5.52 Å². The summed E-state index contributed by atoms with van der Waals surface area (Å²) in [7, 11) is 0. The van der Waals surface area contributed by atoms with Crippen molar-refractivity contribution in [3.8, 4) is 0 Å². The molecule has 4 heteroatoms. The zero-order chi connectivity index (χ0) is 10.4. The maximum absolute atomic E-state index is 5.85. The van der Waals surface area contributed by atoms with E-state index < -0.39 is 0 Å². The van der Waals surface area contributed by atoms with Crippen LogP contribution in [0.1, 0.15) is 5.56 Å². The summed E-state index contributed by atoms with van der Waals surface area (Å²) < 4.78 is 1.88. The van der Waals surface area contributed by atoms with Gasteiger partial charge in [-0.25, -0.2) is 9.97 Å². The van der Waals surface area contributed by atoms with Crippen LogP contribution in [0.25, 0.3) is 16.6 Å². The number of pyridine rings is 1. The van der Waals surface area contributed by atoms with Crippen molar-refractivity contribution in [2.24, 2.45) is 0 Å². The molecule has 0 spiro atoms. The summed E-state index contributed by atoms with van der Waals surface area (Å²) in [6.45, 7) is 2.07. The van der Waals surface area contributed by atoms with Crippen LogP contribution in [-0.4, -0.2) is 14.4 Å². The number of aromatic nitrogens is 3. The molecule has 0 saturated carbocycles. The van der Waals surface area contributed by atoms with Gasteiger partial charge in [-0.1, -0.05) is 0 Å². The molecule has 3 aromatic heterocycles. The van der Waals surface area contributed by atoms with E-state index in [0.717, 1.165) is 16.6 Å². The van der Waals surface area contributed by atoms with Gasteiger partial charge in [0, 0.05) is 17.8 Å². The topological polar surface area (TPSA) is 56.2 Å². The lowest BCUT2D eigenvalue weighted by Gasteiger charge is -1.99. The quantitative estimate of drug-likeness (QED) is 0.599. The molecule has 0 atom stereocenters. The number of rotatable bonds is 0. The Morgan fingerprint density at radius 2 is 2.07 bits per heavy atom. The number of nitrogens with two attached hydrogens (primary N) is 1. The molecule has 0 fully saturated rings. The highest BCUT2D eigenvalue weighted by Crippen LogP contribution is 2.25. The Kier molecular flexibility index (Phi) is 1.48. The van der Waals surface area contributed by atoms with Crippen molar-refractivity contribution in [3.05, 3.63) is 36.2 Å². The predicted molar refractivity (Wildman–Crippen MR) is 59.6 cm³/mol. The van der Waals surface area contributed by atoms with Gasteiger partial charge in [0.1, 0.15) is 5.65 Å². The Hall–Kier alpha value is -2.10. The SMILES string of the molecule is Cc1c2cccnc2n2c(N)nccc12. The molecule has 0 aliphatic rings. The highest BCUT2D eigenvalue weighted by Gasteiger charge is 2.10. The molecule has 3 rings (SSSR count). The summed E-state index contributed by atoms with van der Waals surface area (Å²) in [6, 6.07) is 5.93. The van der Waals surface area contributed by atoms with Crippen molar-refractivity contribution in [3.63, 3.8) is 0 Å². The molecule has 0 bridgehead atoms. The first kappa shape index (κ1) is 8.23. The fourth-order valence-electron chi connectivity index (χ4n) is 1.96. The van der Waals surface area contributed by atoms with Crippen molar-refractivity contribution in [2.75, 3.05) is 5.73 Å². The number of nitrogens with zero attached hydrogens (tertiary/aromatic N) is 3. The molecule has 4 nitrogen and oxygen atoms in total. The Morgan fingerprint density at radius 3 is 2.93 bits per heavy atom. The molecule has 0 unspecified atom stereocenters. The third-order valence-corrected chi connectivity index (χ3v) is 2.70. The number of hydrogen-bond acceptors (Lipinski definition) is 3. The smallest absolute Gasteiger partial charge is 0.206 e. The molecule has 0 saturated heterocycles. The average Bonchev–Trinajstić information content (AvgIpc) is 2.55. The number of anilines is 1. The standard InChI is InChI=1S/C11H10N4/c1-7-8-3-2-5-13-10(8)15-9(7)4-6-14-11(15)12/h2-6H,1H3,(H2,12,14). The lowest BCUT2D eigenvalue weighted by atomic mass is 10.2. The first-order valence-corrected chi connectivity index (χ1v) is 4.75. The third kappa shape index (κ3) is 0.958. The van der Waals surface area contributed by atoms with Crippen molar-refractivity contribution >= 4 is 22.5 Å². The second kappa shape index (κ2) is 2.70. The summed E-state index contributed by atoms with van der Waals surface area (Å²) in [6.07, 6.45) is 3.48. The average molecular weight is 198 g/mol. The molecule has 3 aromatic rings. The molecule has 0 aromatic carbocycles. The predicted octanol–water partition coefficient (Wildman–Crippen LogP) is 1.77. The summed E-state index contributed by atoms with van der Waals surface area (Å²) in [5, 5.41) is 1.12. The summed E-state index contributed by atoms with van der Waals surface area (Å²) in [4.78, 5) is 8.41. The molecular formula is C11H10N4. The van der Waals surface area contributed by atoms with E-state index in [0.29, 0.717) is 5.95 Å². The van der Waals surface area contributed by atoms with Crippen LogP contribution in [0.3, 0.4) is 0 Å². The minimum Gasteiger partial charge on any atom is -0.369 e. The molecule has 0 radical (unpaired) electrons. The van der Waals surface area contributed by atoms with E-state index in [1.54, 1.807) is 12.4 Å². The lowest BCUT2D eigenvalue weighted by Crippen LogP contribution is -1.99. The summed E-state index contributed by atoms with van der Waals surface area (Å²) >= 11 is 0. The van der Waals surface area contributed by atoms with Gasteiger partial charge in [-0.2, -0.15) is 0 Å². The Balaban J connectivity index is 2.70. The lowest BCUT2D eigenvalue weighted by molar-refractivity contribution is 1.12. The van der Waals surface area contributed by atoms with Crippen LogP contribution in [0, 0.1) is 6.92 Å². The molecule has 0 aliphatic heterocycles. The first-order chi connectivity index (χ1) is 7.29. The number of aryl methyl sites for hydroxylation is 1. The minimum absolute atomic E-state index is 0.476. The van der Waals surface area contributed by atoms with Crippen molar-refractivity contribution in [2.45, 2.75) is 6.92 Å². The fourth-order valence-corrected chi connectivity index (χ4v) is 1.96. The monoisotopic (exact) mass is 198 g/mol. The summed E-state index contributed by atoms with van der Waals surface area (Å²) in [5.41, 5.74) is 8.97. The molecule has 15 heavy (non-hydrogen) atoms. The van der Waals surface area contributed by atoms with Crippen LogP contribution in [0.5, 0.6) is 0 Å². The van der Waals surface area contributed by atoms with Gasteiger partial charge in [0.2, 0.25) is 5.95 Å². The van der Waals surface area contributed by atoms with Crippen LogP contribution < -0.4 is 5.73 Å². The van der Waals surface area contributed by atoms with Gasteiger partial charge >= 0.3 is 0 Å². The number of nitrogen functional groups attached to an aromatic ring is 1. The highest BCUT2D eigenvalue weighted by molar-refractivity contribution is 5.90. The van der Waals surface area contributed by atoms with Crippen molar-refractivity contribution in [1.82, 2.24) is 14.4 Å². The Bertz CT molecular complexity index is 654. The Morgan fingerprint density at radius 1 is 1.20 bits per heavy atom. The van der Waals surface area contributed by atoms with Gasteiger partial charge in [-0.15, -0.1) is 0 Å². The molecular weight excluding hydrogens is 188 g/mol. The van der Waals surface area contributed by atoms with E-state index in [-0.39, 0.29) is 0 Å². The molecule has 2 N–H and O–H groups in total. The molecule has 74 valence electrons. The molecule has 0 amide bonds. The van der Waals surface area contributed by atoms with E-state index in [2.05, 4.69) is 16.9 Å². The van der Waals surface area contributed by atoms with E-state index in [4.69, 9.17) is 5.73 Å². The van der Waals surface area contributed by atoms with Crippen LogP contribution in [-0.2, 0) is 0 Å². The molecule has 0 aliphatic carbocycles. The van der Waals surface area contributed by atoms with Gasteiger partial charge < -0.3 is 5.73 Å². The van der Waals surface area contributed by atoms with E-state index >= 15 is 0 Å². The first-order valence-electron chi connectivity index (χ1n) is 4.75. The summed E-state index contributed by atoms with van der Waals surface area (Å²) in [5.74, 6) is 0.476. The largest absolute Gasteiger partial charge is 0.369 e. The Labute approximate surface area is 86.4 Å². The van der Waals surface area contributed by atoms with E-state index in [9.17, 15) is 0 Å². The van der Waals surface area contributed by atoms with Crippen molar-refractivity contribution < 1.29 is 0 Å². The van der Waals surface area contributed by atoms with Gasteiger partial charge in [-0.05, 0) is 30.7 Å². The minimum atomic E-state index is 0.476. The van der Waals surface area contributed by atoms with Crippen LogP contribution >= 0.6 is 0 Å². The van der Waals surface area contributed by atoms with E-state index in [1.807, 2.05) is 22.6 Å². The van der Waals surface area contributed by atoms with Gasteiger partial charge in [-0.3, -0.25) is 4.40 Å². The zero-order valence-electron chi connectivity index (χ0n) is 8.31. The highest BCUT2D eigenvalue weighted by atomic mass is 15.1. The van der Waals surface area contributed by atoms with Gasteiger partial charge in [0.25, 0.3) is 0 Å².